The van der Waals surface area contributed by atoms with E-state index in [1.165, 1.54) is 0 Å². The molecule has 0 bridgehead atoms. The van der Waals surface area contributed by atoms with Crippen molar-refractivity contribution in [3.05, 3.63) is 33.5 Å². The van der Waals surface area contributed by atoms with Crippen LogP contribution in [-0.4, -0.2) is 0 Å². The molecule has 2 N–H and O–H groups in total. The van der Waals surface area contributed by atoms with Crippen molar-refractivity contribution in [1.29, 1.82) is 0 Å². The Morgan fingerprint density at radius 1 is 1.50 bits per heavy atom. The van der Waals surface area contributed by atoms with Crippen molar-refractivity contribution in [2.45, 2.75) is 32.7 Å². The van der Waals surface area contributed by atoms with Crippen molar-refractivity contribution in [3.8, 4) is 0 Å². The third-order valence-electron chi connectivity index (χ3n) is 2.25. The van der Waals surface area contributed by atoms with Crippen molar-refractivity contribution in [2.24, 2.45) is 5.73 Å². The average molecular weight is 260 g/mol. The highest BCUT2D eigenvalue weighted by molar-refractivity contribution is 9.10. The van der Waals surface area contributed by atoms with Gasteiger partial charge < -0.3 is 5.73 Å². The van der Waals surface area contributed by atoms with Crippen LogP contribution in [0.15, 0.2) is 16.6 Å². The second-order valence-electron chi connectivity index (χ2n) is 3.52. The van der Waals surface area contributed by atoms with E-state index < -0.39 is 0 Å². The third-order valence-corrected chi connectivity index (χ3v) is 2.70. The summed E-state index contributed by atoms with van der Waals surface area (Å²) in [5.74, 6) is -0.172. The largest absolute Gasteiger partial charge is 0.324 e. The molecule has 0 fully saturated rings. The lowest BCUT2D eigenvalue weighted by Gasteiger charge is -2.13. The fraction of sp³-hybridized carbons (Fsp3) is 0.455. The van der Waals surface area contributed by atoms with Crippen LogP contribution in [0.4, 0.5) is 4.39 Å². The minimum Gasteiger partial charge on any atom is -0.324 e. The van der Waals surface area contributed by atoms with Crippen LogP contribution in [0.2, 0.25) is 0 Å². The van der Waals surface area contributed by atoms with E-state index in [9.17, 15) is 4.39 Å². The molecule has 1 unspecified atom stereocenters. The van der Waals surface area contributed by atoms with Gasteiger partial charge in [-0.05, 0) is 31.0 Å². The maximum absolute atomic E-state index is 13.7. The molecular weight excluding hydrogens is 245 g/mol. The van der Waals surface area contributed by atoms with Gasteiger partial charge in [0, 0.05) is 16.1 Å². The lowest BCUT2D eigenvalue weighted by Crippen LogP contribution is -2.12. The van der Waals surface area contributed by atoms with E-state index in [2.05, 4.69) is 15.9 Å². The van der Waals surface area contributed by atoms with Gasteiger partial charge in [0.2, 0.25) is 0 Å². The zero-order valence-corrected chi connectivity index (χ0v) is 10.1. The Morgan fingerprint density at radius 2 is 2.14 bits per heavy atom. The van der Waals surface area contributed by atoms with Crippen LogP contribution in [0.5, 0.6) is 0 Å². The molecule has 1 rings (SSSR count). The number of rotatable bonds is 3. The number of hydrogen-bond acceptors (Lipinski definition) is 1. The summed E-state index contributed by atoms with van der Waals surface area (Å²) in [6, 6.07) is 3.33. The molecule has 0 aliphatic rings. The van der Waals surface area contributed by atoms with E-state index in [0.717, 1.165) is 17.3 Å². The number of hydrogen-bond donors (Lipinski definition) is 1. The predicted molar refractivity (Wildman–Crippen MR) is 60.7 cm³/mol. The van der Waals surface area contributed by atoms with Crippen molar-refractivity contribution in [2.75, 3.05) is 0 Å². The van der Waals surface area contributed by atoms with Crippen molar-refractivity contribution < 1.29 is 4.39 Å². The van der Waals surface area contributed by atoms with E-state index in [-0.39, 0.29) is 11.9 Å². The molecule has 78 valence electrons. The molecule has 0 aliphatic heterocycles. The minimum absolute atomic E-state index is 0.172. The highest BCUT2D eigenvalue weighted by Crippen LogP contribution is 2.25. The molecule has 0 amide bonds. The Kier molecular flexibility index (Phi) is 4.08. The fourth-order valence-electron chi connectivity index (χ4n) is 1.49. The molecule has 0 saturated carbocycles. The van der Waals surface area contributed by atoms with Crippen LogP contribution in [-0.2, 0) is 0 Å². The normalized spacial score (nSPS) is 12.9. The standard InChI is InChI=1S/C11H15BrFN/c1-3-4-10(14)9-6-8(12)5-7(2)11(9)13/h5-6,10H,3-4,14H2,1-2H3. The van der Waals surface area contributed by atoms with Gasteiger partial charge in [0.25, 0.3) is 0 Å². The topological polar surface area (TPSA) is 26.0 Å². The monoisotopic (exact) mass is 259 g/mol. The quantitative estimate of drug-likeness (QED) is 0.881. The lowest BCUT2D eigenvalue weighted by atomic mass is 10.0. The molecule has 0 saturated heterocycles. The summed E-state index contributed by atoms with van der Waals surface area (Å²) >= 11 is 3.34. The maximum Gasteiger partial charge on any atom is 0.130 e. The third kappa shape index (κ3) is 2.55. The SMILES string of the molecule is CCCC(N)c1cc(Br)cc(C)c1F. The summed E-state index contributed by atoms with van der Waals surface area (Å²) in [4.78, 5) is 0. The van der Waals surface area contributed by atoms with Crippen molar-refractivity contribution >= 4 is 15.9 Å². The zero-order valence-electron chi connectivity index (χ0n) is 8.48. The number of halogens is 2. The number of aryl methyl sites for hydroxylation is 1. The fourth-order valence-corrected chi connectivity index (χ4v) is 2.08. The van der Waals surface area contributed by atoms with Crippen LogP contribution in [0.25, 0.3) is 0 Å². The van der Waals surface area contributed by atoms with E-state index in [4.69, 9.17) is 5.73 Å². The van der Waals surface area contributed by atoms with E-state index in [0.29, 0.717) is 11.1 Å². The van der Waals surface area contributed by atoms with Gasteiger partial charge >= 0.3 is 0 Å². The molecule has 0 radical (unpaired) electrons. The Balaban J connectivity index is 3.07. The molecule has 0 aromatic heterocycles. The summed E-state index contributed by atoms with van der Waals surface area (Å²) < 4.78 is 14.5. The summed E-state index contributed by atoms with van der Waals surface area (Å²) in [6.45, 7) is 3.80. The smallest absolute Gasteiger partial charge is 0.130 e. The van der Waals surface area contributed by atoms with E-state index in [1.807, 2.05) is 6.92 Å². The average Bonchev–Trinajstić information content (AvgIpc) is 2.11. The molecule has 0 spiro atoms. The summed E-state index contributed by atoms with van der Waals surface area (Å²) in [6.07, 6.45) is 1.78. The van der Waals surface area contributed by atoms with Gasteiger partial charge in [-0.1, -0.05) is 29.3 Å². The highest BCUT2D eigenvalue weighted by Gasteiger charge is 2.13. The molecule has 14 heavy (non-hydrogen) atoms. The molecular formula is C11H15BrFN. The van der Waals surface area contributed by atoms with Gasteiger partial charge in [-0.3, -0.25) is 0 Å². The minimum atomic E-state index is -0.198. The number of nitrogens with two attached hydrogens (primary N) is 1. The molecule has 1 aromatic carbocycles. The Hall–Kier alpha value is -0.410. The molecule has 0 heterocycles. The lowest BCUT2D eigenvalue weighted by molar-refractivity contribution is 0.553. The predicted octanol–water partition coefficient (Wildman–Crippen LogP) is 3.70. The first kappa shape index (κ1) is 11.7. The summed E-state index contributed by atoms with van der Waals surface area (Å²) in [7, 11) is 0. The Labute approximate surface area is 92.6 Å². The second kappa shape index (κ2) is 4.89. The van der Waals surface area contributed by atoms with Crippen LogP contribution < -0.4 is 5.73 Å². The molecule has 0 aliphatic carbocycles. The zero-order chi connectivity index (χ0) is 10.7. The van der Waals surface area contributed by atoms with Crippen molar-refractivity contribution in [3.63, 3.8) is 0 Å². The van der Waals surface area contributed by atoms with Gasteiger partial charge in [0.1, 0.15) is 5.82 Å². The Morgan fingerprint density at radius 3 is 2.71 bits per heavy atom. The molecule has 1 atom stereocenters. The van der Waals surface area contributed by atoms with Gasteiger partial charge in [-0.25, -0.2) is 4.39 Å². The van der Waals surface area contributed by atoms with Gasteiger partial charge in [0.15, 0.2) is 0 Å². The first-order valence-electron chi connectivity index (χ1n) is 4.77. The van der Waals surface area contributed by atoms with E-state index in [1.54, 1.807) is 19.1 Å². The van der Waals surface area contributed by atoms with Gasteiger partial charge in [-0.2, -0.15) is 0 Å². The summed E-state index contributed by atoms with van der Waals surface area (Å²) in [5, 5.41) is 0. The van der Waals surface area contributed by atoms with Crippen LogP contribution >= 0.6 is 15.9 Å². The van der Waals surface area contributed by atoms with Gasteiger partial charge in [0.05, 0.1) is 0 Å². The first-order valence-corrected chi connectivity index (χ1v) is 5.56. The molecule has 1 nitrogen and oxygen atoms in total. The van der Waals surface area contributed by atoms with Crippen LogP contribution in [0, 0.1) is 12.7 Å². The van der Waals surface area contributed by atoms with E-state index >= 15 is 0 Å². The first-order chi connectivity index (χ1) is 6.56. The van der Waals surface area contributed by atoms with Crippen LogP contribution in [0.1, 0.15) is 36.9 Å². The second-order valence-corrected chi connectivity index (χ2v) is 4.44. The molecule has 1 aromatic rings. The van der Waals surface area contributed by atoms with Crippen molar-refractivity contribution in [1.82, 2.24) is 0 Å². The maximum atomic E-state index is 13.7. The molecule has 3 heteroatoms. The highest BCUT2D eigenvalue weighted by atomic mass is 79.9. The van der Waals surface area contributed by atoms with Gasteiger partial charge in [-0.15, -0.1) is 0 Å². The number of benzene rings is 1. The Bertz CT molecular complexity index is 325. The van der Waals surface area contributed by atoms with Crippen LogP contribution in [0.3, 0.4) is 0 Å². The summed E-state index contributed by atoms with van der Waals surface area (Å²) in [5.41, 5.74) is 7.13.